The van der Waals surface area contributed by atoms with Crippen LogP contribution in [0.2, 0.25) is 0 Å². The monoisotopic (exact) mass is 386 g/mol. The van der Waals surface area contributed by atoms with Gasteiger partial charge in [0.1, 0.15) is 11.5 Å². The lowest BCUT2D eigenvalue weighted by atomic mass is 9.90. The van der Waals surface area contributed by atoms with Gasteiger partial charge in [0.25, 0.3) is 0 Å². The summed E-state index contributed by atoms with van der Waals surface area (Å²) in [6, 6.07) is 14.2. The molecule has 1 amide bonds. The Morgan fingerprint density at radius 3 is 2.41 bits per heavy atom. The van der Waals surface area contributed by atoms with Gasteiger partial charge >= 0.3 is 0 Å². The summed E-state index contributed by atoms with van der Waals surface area (Å²) >= 11 is 0. The Morgan fingerprint density at radius 1 is 1.11 bits per heavy atom. The van der Waals surface area contributed by atoms with Crippen LogP contribution in [0.25, 0.3) is 0 Å². The molecular formula is C21H27ClN4O. The molecule has 0 aliphatic carbocycles. The fourth-order valence-corrected chi connectivity index (χ4v) is 3.47. The Hall–Kier alpha value is -2.40. The second kappa shape index (κ2) is 10.1. The topological polar surface area (TPSA) is 83.1 Å². The molecular weight excluding hydrogens is 360 g/mol. The standard InChI is InChI=1S/C21H26N4O.ClH/c22-21(23)19-8-6-18(15-24-19)7-9-20(26)25-12-10-17(11-13-25)14-16-4-2-1-3-5-16;/h1-6,8,15,17H,7,9-14H2,(H3,22,23);1H. The molecule has 1 aromatic heterocycles. The molecule has 0 radical (unpaired) electrons. The molecule has 1 aliphatic rings. The SMILES string of the molecule is Cl.N=C(N)c1ccc(CCC(=O)N2CCC(Cc3ccccc3)CC2)cn1. The number of nitrogens with zero attached hydrogens (tertiary/aromatic N) is 2. The van der Waals surface area contributed by atoms with Crippen molar-refractivity contribution in [3.63, 3.8) is 0 Å². The number of aromatic nitrogens is 1. The first-order chi connectivity index (χ1) is 12.6. The van der Waals surface area contributed by atoms with Crippen molar-refractivity contribution in [1.29, 1.82) is 5.41 Å². The molecule has 0 atom stereocenters. The van der Waals surface area contributed by atoms with Crippen LogP contribution in [0, 0.1) is 11.3 Å². The van der Waals surface area contributed by atoms with E-state index in [0.717, 1.165) is 37.9 Å². The highest BCUT2D eigenvalue weighted by molar-refractivity contribution is 5.92. The molecule has 144 valence electrons. The number of carbonyl (C=O) groups excluding carboxylic acids is 1. The highest BCUT2D eigenvalue weighted by Crippen LogP contribution is 2.22. The summed E-state index contributed by atoms with van der Waals surface area (Å²) in [7, 11) is 0. The number of benzene rings is 1. The normalized spacial score (nSPS) is 14.4. The van der Waals surface area contributed by atoms with Gasteiger partial charge in [0.2, 0.25) is 5.91 Å². The van der Waals surface area contributed by atoms with E-state index in [-0.39, 0.29) is 24.1 Å². The Bertz CT molecular complexity index is 741. The number of carbonyl (C=O) groups is 1. The van der Waals surface area contributed by atoms with Gasteiger partial charge in [0.05, 0.1) is 0 Å². The molecule has 1 aliphatic heterocycles. The maximum atomic E-state index is 12.5. The summed E-state index contributed by atoms with van der Waals surface area (Å²) in [5.41, 5.74) is 8.27. The predicted molar refractivity (Wildman–Crippen MR) is 110 cm³/mol. The van der Waals surface area contributed by atoms with Crippen LogP contribution < -0.4 is 5.73 Å². The van der Waals surface area contributed by atoms with Crippen molar-refractivity contribution in [2.45, 2.75) is 32.1 Å². The zero-order chi connectivity index (χ0) is 18.4. The van der Waals surface area contributed by atoms with E-state index in [4.69, 9.17) is 11.1 Å². The second-order valence-electron chi connectivity index (χ2n) is 6.98. The molecule has 0 unspecified atom stereocenters. The predicted octanol–water partition coefficient (Wildman–Crippen LogP) is 3.20. The quantitative estimate of drug-likeness (QED) is 0.590. The summed E-state index contributed by atoms with van der Waals surface area (Å²) in [5.74, 6) is 0.856. The summed E-state index contributed by atoms with van der Waals surface area (Å²) in [6.45, 7) is 1.72. The first-order valence-corrected chi connectivity index (χ1v) is 9.23. The van der Waals surface area contributed by atoms with Gasteiger partial charge in [-0.2, -0.15) is 0 Å². The number of amides is 1. The molecule has 27 heavy (non-hydrogen) atoms. The fourth-order valence-electron chi connectivity index (χ4n) is 3.47. The minimum absolute atomic E-state index is 0. The number of likely N-dealkylation sites (tertiary alicyclic amines) is 1. The lowest BCUT2D eigenvalue weighted by Gasteiger charge is -2.32. The number of hydrogen-bond donors (Lipinski definition) is 2. The first kappa shape index (κ1) is 20.9. The molecule has 6 heteroatoms. The molecule has 3 N–H and O–H groups in total. The molecule has 1 saturated heterocycles. The zero-order valence-electron chi connectivity index (χ0n) is 15.4. The fraction of sp³-hybridized carbons (Fsp3) is 0.381. The average molecular weight is 387 g/mol. The van der Waals surface area contributed by atoms with Crippen molar-refractivity contribution >= 4 is 24.1 Å². The van der Waals surface area contributed by atoms with E-state index >= 15 is 0 Å². The maximum Gasteiger partial charge on any atom is 0.222 e. The van der Waals surface area contributed by atoms with Crippen molar-refractivity contribution in [2.24, 2.45) is 11.7 Å². The number of rotatable bonds is 6. The molecule has 0 bridgehead atoms. The molecule has 1 fully saturated rings. The van der Waals surface area contributed by atoms with Crippen LogP contribution in [0.15, 0.2) is 48.7 Å². The second-order valence-corrected chi connectivity index (χ2v) is 6.98. The average Bonchev–Trinajstić information content (AvgIpc) is 2.68. The lowest BCUT2D eigenvalue weighted by molar-refractivity contribution is -0.132. The summed E-state index contributed by atoms with van der Waals surface area (Å²) in [5, 5.41) is 7.35. The number of nitrogens with one attached hydrogen (secondary N) is 1. The lowest BCUT2D eigenvalue weighted by Crippen LogP contribution is -2.39. The largest absolute Gasteiger partial charge is 0.382 e. The molecule has 0 spiro atoms. The van der Waals surface area contributed by atoms with Gasteiger partial charge in [-0.25, -0.2) is 0 Å². The van der Waals surface area contributed by atoms with Crippen molar-refractivity contribution in [1.82, 2.24) is 9.88 Å². The third kappa shape index (κ3) is 6.07. The van der Waals surface area contributed by atoms with E-state index in [1.165, 1.54) is 5.56 Å². The maximum absolute atomic E-state index is 12.5. The molecule has 3 rings (SSSR count). The van der Waals surface area contributed by atoms with Gasteiger partial charge < -0.3 is 10.6 Å². The molecule has 0 saturated carbocycles. The number of piperidine rings is 1. The van der Waals surface area contributed by atoms with E-state index < -0.39 is 0 Å². The Kier molecular flexibility index (Phi) is 7.80. The van der Waals surface area contributed by atoms with Gasteiger partial charge in [-0.3, -0.25) is 15.2 Å². The van der Waals surface area contributed by atoms with Gasteiger partial charge in [0.15, 0.2) is 0 Å². The van der Waals surface area contributed by atoms with Crippen LogP contribution in [0.3, 0.4) is 0 Å². The third-order valence-corrected chi connectivity index (χ3v) is 5.06. The Labute approximate surface area is 166 Å². The zero-order valence-corrected chi connectivity index (χ0v) is 16.3. The van der Waals surface area contributed by atoms with E-state index in [1.807, 2.05) is 17.0 Å². The minimum atomic E-state index is -0.0361. The Balaban J connectivity index is 0.00000261. The van der Waals surface area contributed by atoms with E-state index in [9.17, 15) is 4.79 Å². The van der Waals surface area contributed by atoms with Crippen LogP contribution in [0.5, 0.6) is 0 Å². The minimum Gasteiger partial charge on any atom is -0.382 e. The van der Waals surface area contributed by atoms with Crippen molar-refractivity contribution < 1.29 is 4.79 Å². The number of aryl methyl sites for hydroxylation is 1. The third-order valence-electron chi connectivity index (χ3n) is 5.06. The summed E-state index contributed by atoms with van der Waals surface area (Å²) in [4.78, 5) is 18.6. The van der Waals surface area contributed by atoms with E-state index in [2.05, 4.69) is 29.2 Å². The van der Waals surface area contributed by atoms with Crippen LogP contribution in [0.4, 0.5) is 0 Å². The number of nitrogen functional groups attached to an aromatic ring is 1. The molecule has 2 aromatic rings. The smallest absolute Gasteiger partial charge is 0.222 e. The van der Waals surface area contributed by atoms with Gasteiger partial charge in [-0.05, 0) is 48.8 Å². The van der Waals surface area contributed by atoms with Crippen molar-refractivity contribution in [3.8, 4) is 0 Å². The molecule has 5 nitrogen and oxygen atoms in total. The first-order valence-electron chi connectivity index (χ1n) is 9.23. The number of hydrogen-bond acceptors (Lipinski definition) is 3. The van der Waals surface area contributed by atoms with Crippen LogP contribution in [-0.4, -0.2) is 34.7 Å². The van der Waals surface area contributed by atoms with Gasteiger partial charge in [-0.15, -0.1) is 12.4 Å². The molecule has 1 aromatic carbocycles. The van der Waals surface area contributed by atoms with Gasteiger partial charge in [0, 0.05) is 25.7 Å². The van der Waals surface area contributed by atoms with Crippen LogP contribution >= 0.6 is 12.4 Å². The van der Waals surface area contributed by atoms with E-state index in [0.29, 0.717) is 24.5 Å². The number of nitrogens with two attached hydrogens (primary N) is 1. The summed E-state index contributed by atoms with van der Waals surface area (Å²) < 4.78 is 0. The highest BCUT2D eigenvalue weighted by atomic mass is 35.5. The highest BCUT2D eigenvalue weighted by Gasteiger charge is 2.22. The van der Waals surface area contributed by atoms with Crippen LogP contribution in [-0.2, 0) is 17.6 Å². The Morgan fingerprint density at radius 2 is 1.81 bits per heavy atom. The number of pyridine rings is 1. The van der Waals surface area contributed by atoms with E-state index in [1.54, 1.807) is 12.3 Å². The van der Waals surface area contributed by atoms with Crippen molar-refractivity contribution in [2.75, 3.05) is 13.1 Å². The summed E-state index contributed by atoms with van der Waals surface area (Å²) in [6.07, 6.45) is 6.15. The number of halogens is 1. The number of amidine groups is 1. The van der Waals surface area contributed by atoms with Crippen LogP contribution in [0.1, 0.15) is 36.1 Å². The van der Waals surface area contributed by atoms with Gasteiger partial charge in [-0.1, -0.05) is 36.4 Å². The van der Waals surface area contributed by atoms with Crippen molar-refractivity contribution in [3.05, 3.63) is 65.5 Å². The molecule has 2 heterocycles.